The molecule has 25 heavy (non-hydrogen) atoms. The van der Waals surface area contributed by atoms with Crippen LogP contribution in [0.1, 0.15) is 31.9 Å². The highest BCUT2D eigenvalue weighted by Gasteiger charge is 2.18. The highest BCUT2D eigenvalue weighted by Crippen LogP contribution is 2.30. The average Bonchev–Trinajstić information content (AvgIpc) is 2.60. The molecule has 4 heteroatoms. The summed E-state index contributed by atoms with van der Waals surface area (Å²) in [6.45, 7) is 7.12. The van der Waals surface area contributed by atoms with Crippen molar-refractivity contribution in [3.05, 3.63) is 65.7 Å². The molecular formula is C21H27NO2S. The first-order chi connectivity index (χ1) is 12.0. The summed E-state index contributed by atoms with van der Waals surface area (Å²) in [6.07, 6.45) is 0. The minimum atomic E-state index is -0.0796. The Morgan fingerprint density at radius 3 is 2.44 bits per heavy atom. The largest absolute Gasteiger partial charge is 0.483 e. The van der Waals surface area contributed by atoms with Crippen LogP contribution in [0.15, 0.2) is 54.6 Å². The predicted octanol–water partition coefficient (Wildman–Crippen LogP) is 4.41. The molecule has 2 aromatic rings. The summed E-state index contributed by atoms with van der Waals surface area (Å²) in [5, 5.41) is 2.91. The molecular weight excluding hydrogens is 330 g/mol. The molecule has 0 aromatic heterocycles. The van der Waals surface area contributed by atoms with E-state index in [1.54, 1.807) is 0 Å². The minimum absolute atomic E-state index is 0.0128. The third-order valence-corrected chi connectivity index (χ3v) is 4.76. The summed E-state index contributed by atoms with van der Waals surface area (Å²) in [5.74, 6) is 2.55. The van der Waals surface area contributed by atoms with Crippen molar-refractivity contribution in [1.82, 2.24) is 5.32 Å². The lowest BCUT2D eigenvalue weighted by Gasteiger charge is -2.22. The molecule has 1 N–H and O–H groups in total. The van der Waals surface area contributed by atoms with Gasteiger partial charge >= 0.3 is 0 Å². The molecule has 0 aliphatic heterocycles. The van der Waals surface area contributed by atoms with E-state index in [1.807, 2.05) is 54.2 Å². The Hall–Kier alpha value is -1.94. The van der Waals surface area contributed by atoms with E-state index in [9.17, 15) is 4.79 Å². The van der Waals surface area contributed by atoms with E-state index in [-0.39, 0.29) is 17.9 Å². The van der Waals surface area contributed by atoms with Crippen molar-refractivity contribution in [2.24, 2.45) is 0 Å². The molecule has 0 aliphatic carbocycles. The summed E-state index contributed by atoms with van der Waals surface area (Å²) in [4.78, 5) is 12.0. The molecule has 3 nitrogen and oxygen atoms in total. The molecule has 2 aromatic carbocycles. The zero-order valence-corrected chi connectivity index (χ0v) is 16.1. The van der Waals surface area contributed by atoms with Crippen molar-refractivity contribution in [3.63, 3.8) is 0 Å². The van der Waals surface area contributed by atoms with Gasteiger partial charge in [0.15, 0.2) is 6.61 Å². The molecule has 134 valence electrons. The second kappa shape index (κ2) is 9.52. The second-order valence-corrected chi connectivity index (χ2v) is 8.03. The van der Waals surface area contributed by atoms with Crippen LogP contribution in [0.5, 0.6) is 5.75 Å². The number of amides is 1. The molecule has 0 atom stereocenters. The van der Waals surface area contributed by atoms with Crippen LogP contribution in [0.25, 0.3) is 0 Å². The van der Waals surface area contributed by atoms with Gasteiger partial charge < -0.3 is 10.1 Å². The Balaban J connectivity index is 1.68. The molecule has 0 bridgehead atoms. The van der Waals surface area contributed by atoms with Crippen molar-refractivity contribution < 1.29 is 9.53 Å². The molecule has 0 heterocycles. The number of benzene rings is 2. The number of thioether (sulfide) groups is 1. The van der Waals surface area contributed by atoms with E-state index in [1.165, 1.54) is 5.56 Å². The summed E-state index contributed by atoms with van der Waals surface area (Å²) in [5.41, 5.74) is 2.41. The number of carbonyl (C=O) groups is 1. The molecule has 1 amide bonds. The van der Waals surface area contributed by atoms with Crippen molar-refractivity contribution in [2.45, 2.75) is 31.9 Å². The zero-order valence-electron chi connectivity index (χ0n) is 15.2. The van der Waals surface area contributed by atoms with Gasteiger partial charge in [-0.3, -0.25) is 4.79 Å². The van der Waals surface area contributed by atoms with Crippen LogP contribution in [0.4, 0.5) is 0 Å². The topological polar surface area (TPSA) is 38.3 Å². The molecule has 0 spiro atoms. The molecule has 0 saturated carbocycles. The Morgan fingerprint density at radius 1 is 1.04 bits per heavy atom. The Bertz CT molecular complexity index is 665. The van der Waals surface area contributed by atoms with Gasteiger partial charge in [0, 0.05) is 18.1 Å². The van der Waals surface area contributed by atoms with Gasteiger partial charge in [-0.05, 0) is 22.6 Å². The normalized spacial score (nSPS) is 11.2. The molecule has 0 unspecified atom stereocenters. The molecule has 0 aliphatic rings. The van der Waals surface area contributed by atoms with Gasteiger partial charge in [0.25, 0.3) is 5.91 Å². The number of para-hydroxylation sites is 1. The van der Waals surface area contributed by atoms with Crippen LogP contribution in [-0.2, 0) is 16.0 Å². The zero-order chi connectivity index (χ0) is 18.1. The number of hydrogen-bond acceptors (Lipinski definition) is 3. The van der Waals surface area contributed by atoms with Gasteiger partial charge in [-0.25, -0.2) is 0 Å². The first kappa shape index (κ1) is 19.4. The Labute approximate surface area is 155 Å². The lowest BCUT2D eigenvalue weighted by atomic mass is 9.86. The van der Waals surface area contributed by atoms with E-state index in [0.717, 1.165) is 22.8 Å². The maximum absolute atomic E-state index is 12.0. The fraction of sp³-hybridized carbons (Fsp3) is 0.381. The lowest BCUT2D eigenvalue weighted by molar-refractivity contribution is -0.122. The van der Waals surface area contributed by atoms with E-state index >= 15 is 0 Å². The fourth-order valence-corrected chi connectivity index (χ4v) is 3.25. The Kier molecular flexibility index (Phi) is 7.38. The summed E-state index contributed by atoms with van der Waals surface area (Å²) >= 11 is 1.81. The number of nitrogens with one attached hydrogen (secondary N) is 1. The van der Waals surface area contributed by atoms with Crippen LogP contribution in [0.3, 0.4) is 0 Å². The maximum Gasteiger partial charge on any atom is 0.257 e. The first-order valence-corrected chi connectivity index (χ1v) is 9.73. The van der Waals surface area contributed by atoms with E-state index in [0.29, 0.717) is 6.54 Å². The molecule has 2 rings (SSSR count). The smallest absolute Gasteiger partial charge is 0.257 e. The van der Waals surface area contributed by atoms with Gasteiger partial charge in [-0.2, -0.15) is 11.8 Å². The number of ether oxygens (including phenoxy) is 1. The van der Waals surface area contributed by atoms with Crippen LogP contribution in [0, 0.1) is 0 Å². The van der Waals surface area contributed by atoms with E-state index < -0.39 is 0 Å². The van der Waals surface area contributed by atoms with Crippen LogP contribution >= 0.6 is 11.8 Å². The van der Waals surface area contributed by atoms with E-state index in [4.69, 9.17) is 4.74 Å². The van der Waals surface area contributed by atoms with Crippen LogP contribution in [-0.4, -0.2) is 24.8 Å². The van der Waals surface area contributed by atoms with Gasteiger partial charge in [0.1, 0.15) is 5.75 Å². The lowest BCUT2D eigenvalue weighted by Crippen LogP contribution is -2.31. The number of rotatable bonds is 8. The highest BCUT2D eigenvalue weighted by atomic mass is 32.2. The monoisotopic (exact) mass is 357 g/mol. The summed E-state index contributed by atoms with van der Waals surface area (Å²) < 4.78 is 5.73. The third kappa shape index (κ3) is 6.83. The summed E-state index contributed by atoms with van der Waals surface area (Å²) in [6, 6.07) is 18.2. The minimum Gasteiger partial charge on any atom is -0.483 e. The molecule has 0 radical (unpaired) electrons. The van der Waals surface area contributed by atoms with Crippen LogP contribution < -0.4 is 10.1 Å². The number of hydrogen-bond donors (Lipinski definition) is 1. The fourth-order valence-electron chi connectivity index (χ4n) is 2.43. The van der Waals surface area contributed by atoms with Gasteiger partial charge in [-0.1, -0.05) is 69.3 Å². The summed E-state index contributed by atoms with van der Waals surface area (Å²) in [7, 11) is 0. The SMILES string of the molecule is CC(C)(C)c1ccccc1OCC(=O)NCCSCc1ccccc1. The molecule has 0 fully saturated rings. The first-order valence-electron chi connectivity index (χ1n) is 8.57. The van der Waals surface area contributed by atoms with Gasteiger partial charge in [0.2, 0.25) is 0 Å². The maximum atomic E-state index is 12.0. The van der Waals surface area contributed by atoms with Crippen molar-refractivity contribution in [2.75, 3.05) is 18.9 Å². The Morgan fingerprint density at radius 2 is 1.72 bits per heavy atom. The standard InChI is InChI=1S/C21H27NO2S/c1-21(2,3)18-11-7-8-12-19(18)24-15-20(23)22-13-14-25-16-17-9-5-4-6-10-17/h4-12H,13-16H2,1-3H3,(H,22,23). The van der Waals surface area contributed by atoms with Crippen molar-refractivity contribution in [3.8, 4) is 5.75 Å². The molecule has 0 saturated heterocycles. The second-order valence-electron chi connectivity index (χ2n) is 6.92. The van der Waals surface area contributed by atoms with Crippen molar-refractivity contribution in [1.29, 1.82) is 0 Å². The van der Waals surface area contributed by atoms with Crippen LogP contribution in [0.2, 0.25) is 0 Å². The highest BCUT2D eigenvalue weighted by molar-refractivity contribution is 7.98. The average molecular weight is 358 g/mol. The van der Waals surface area contributed by atoms with E-state index in [2.05, 4.69) is 38.2 Å². The number of carbonyl (C=O) groups excluding carboxylic acids is 1. The predicted molar refractivity (Wildman–Crippen MR) is 106 cm³/mol. The third-order valence-electron chi connectivity index (χ3n) is 3.73. The van der Waals surface area contributed by atoms with Gasteiger partial charge in [0.05, 0.1) is 0 Å². The van der Waals surface area contributed by atoms with Gasteiger partial charge in [-0.15, -0.1) is 0 Å². The van der Waals surface area contributed by atoms with Crippen molar-refractivity contribution >= 4 is 17.7 Å². The quantitative estimate of drug-likeness (QED) is 0.711.